The van der Waals surface area contributed by atoms with Crippen molar-refractivity contribution in [1.29, 1.82) is 0 Å². The molecule has 0 aliphatic heterocycles. The SMILES string of the molecule is CC.CC.CC.CC.c1ccc(-c2nc3ccccc3n2-c2ccccc2)cc1. The highest BCUT2D eigenvalue weighted by atomic mass is 15.1. The van der Waals surface area contributed by atoms with Crippen LogP contribution in [0.5, 0.6) is 0 Å². The molecule has 29 heavy (non-hydrogen) atoms. The number of fused-ring (bicyclic) bond motifs is 1. The number of rotatable bonds is 2. The van der Waals surface area contributed by atoms with Gasteiger partial charge in [0.05, 0.1) is 11.0 Å². The van der Waals surface area contributed by atoms with Gasteiger partial charge in [0.1, 0.15) is 5.82 Å². The normalized spacial score (nSPS) is 8.69. The highest BCUT2D eigenvalue weighted by Crippen LogP contribution is 2.28. The minimum Gasteiger partial charge on any atom is -0.292 e. The fraction of sp³-hybridized carbons (Fsp3) is 0.296. The smallest absolute Gasteiger partial charge is 0.145 e. The van der Waals surface area contributed by atoms with E-state index in [0.717, 1.165) is 28.1 Å². The molecule has 0 bridgehead atoms. The Balaban J connectivity index is 0.000000881. The van der Waals surface area contributed by atoms with Gasteiger partial charge in [0.15, 0.2) is 0 Å². The summed E-state index contributed by atoms with van der Waals surface area (Å²) in [6.45, 7) is 16.0. The highest BCUT2D eigenvalue weighted by Gasteiger charge is 2.13. The van der Waals surface area contributed by atoms with Gasteiger partial charge in [0.2, 0.25) is 0 Å². The first kappa shape index (κ1) is 26.1. The van der Waals surface area contributed by atoms with Gasteiger partial charge in [-0.1, -0.05) is 116 Å². The van der Waals surface area contributed by atoms with Crippen LogP contribution < -0.4 is 0 Å². The van der Waals surface area contributed by atoms with Crippen molar-refractivity contribution in [2.45, 2.75) is 55.4 Å². The van der Waals surface area contributed by atoms with E-state index in [4.69, 9.17) is 4.98 Å². The van der Waals surface area contributed by atoms with Crippen molar-refractivity contribution in [3.63, 3.8) is 0 Å². The van der Waals surface area contributed by atoms with E-state index in [1.165, 1.54) is 0 Å². The van der Waals surface area contributed by atoms with Crippen molar-refractivity contribution in [2.75, 3.05) is 0 Å². The van der Waals surface area contributed by atoms with Gasteiger partial charge >= 0.3 is 0 Å². The van der Waals surface area contributed by atoms with Crippen molar-refractivity contribution < 1.29 is 0 Å². The minimum atomic E-state index is 0.975. The van der Waals surface area contributed by atoms with Crippen LogP contribution in [0.4, 0.5) is 0 Å². The molecule has 2 heteroatoms. The lowest BCUT2D eigenvalue weighted by Gasteiger charge is -2.09. The van der Waals surface area contributed by atoms with Gasteiger partial charge in [-0.2, -0.15) is 0 Å². The van der Waals surface area contributed by atoms with Gasteiger partial charge in [0, 0.05) is 11.3 Å². The molecule has 2 nitrogen and oxygen atoms in total. The van der Waals surface area contributed by atoms with Crippen LogP contribution >= 0.6 is 0 Å². The molecule has 3 aromatic carbocycles. The molecule has 4 aromatic rings. The molecular formula is C27H38N2. The monoisotopic (exact) mass is 390 g/mol. The Morgan fingerprint density at radius 1 is 0.517 bits per heavy atom. The Bertz CT molecular complexity index is 878. The number of aromatic nitrogens is 2. The third-order valence-electron chi connectivity index (χ3n) is 3.61. The number of hydrogen-bond acceptors (Lipinski definition) is 1. The number of imidazole rings is 1. The first-order chi connectivity index (χ1) is 14.4. The number of hydrogen-bond donors (Lipinski definition) is 0. The molecule has 0 aliphatic rings. The summed E-state index contributed by atoms with van der Waals surface area (Å²) in [5.41, 5.74) is 4.39. The number of benzene rings is 3. The molecule has 0 atom stereocenters. The summed E-state index contributed by atoms with van der Waals surface area (Å²) in [7, 11) is 0. The van der Waals surface area contributed by atoms with E-state index in [1.54, 1.807) is 0 Å². The molecule has 0 aliphatic carbocycles. The summed E-state index contributed by atoms with van der Waals surface area (Å²) in [6.07, 6.45) is 0. The molecule has 0 saturated carbocycles. The zero-order valence-corrected chi connectivity index (χ0v) is 19.5. The summed E-state index contributed by atoms with van der Waals surface area (Å²) in [4.78, 5) is 4.82. The average Bonchev–Trinajstić information content (AvgIpc) is 3.25. The highest BCUT2D eigenvalue weighted by molar-refractivity contribution is 5.83. The van der Waals surface area contributed by atoms with Crippen LogP contribution in [0.15, 0.2) is 84.9 Å². The van der Waals surface area contributed by atoms with Crippen molar-refractivity contribution in [1.82, 2.24) is 9.55 Å². The summed E-state index contributed by atoms with van der Waals surface area (Å²) in [5.74, 6) is 0.975. The third kappa shape index (κ3) is 6.90. The van der Waals surface area contributed by atoms with Gasteiger partial charge in [-0.15, -0.1) is 0 Å². The Labute approximate surface area is 178 Å². The van der Waals surface area contributed by atoms with E-state index in [9.17, 15) is 0 Å². The second-order valence-corrected chi connectivity index (χ2v) is 4.96. The third-order valence-corrected chi connectivity index (χ3v) is 3.61. The second-order valence-electron chi connectivity index (χ2n) is 4.96. The molecule has 0 fully saturated rings. The summed E-state index contributed by atoms with van der Waals surface area (Å²) in [5, 5.41) is 0. The molecule has 0 N–H and O–H groups in total. The Kier molecular flexibility index (Phi) is 14.5. The van der Waals surface area contributed by atoms with Crippen LogP contribution in [0.3, 0.4) is 0 Å². The molecule has 156 valence electrons. The molecule has 1 heterocycles. The summed E-state index contributed by atoms with van der Waals surface area (Å²) in [6, 6.07) is 28.9. The van der Waals surface area contributed by atoms with Crippen molar-refractivity contribution in [3.8, 4) is 17.1 Å². The van der Waals surface area contributed by atoms with Crippen LogP contribution in [-0.4, -0.2) is 9.55 Å². The largest absolute Gasteiger partial charge is 0.292 e. The van der Waals surface area contributed by atoms with Crippen LogP contribution in [0.1, 0.15) is 55.4 Å². The van der Waals surface area contributed by atoms with E-state index >= 15 is 0 Å². The number of nitrogens with zero attached hydrogens (tertiary/aromatic N) is 2. The number of para-hydroxylation sites is 3. The summed E-state index contributed by atoms with van der Waals surface area (Å²) < 4.78 is 2.21. The first-order valence-electron chi connectivity index (χ1n) is 11.0. The van der Waals surface area contributed by atoms with E-state index in [0.29, 0.717) is 0 Å². The Hall–Kier alpha value is -2.87. The fourth-order valence-electron chi connectivity index (χ4n) is 2.65. The molecule has 0 unspecified atom stereocenters. The Morgan fingerprint density at radius 3 is 1.52 bits per heavy atom. The summed E-state index contributed by atoms with van der Waals surface area (Å²) >= 11 is 0. The van der Waals surface area contributed by atoms with Gasteiger partial charge in [0.25, 0.3) is 0 Å². The second kappa shape index (κ2) is 16.1. The topological polar surface area (TPSA) is 17.8 Å². The van der Waals surface area contributed by atoms with Crippen LogP contribution in [0, 0.1) is 0 Å². The maximum absolute atomic E-state index is 4.82. The molecule has 0 radical (unpaired) electrons. The molecule has 0 spiro atoms. The van der Waals surface area contributed by atoms with E-state index in [2.05, 4.69) is 59.2 Å². The van der Waals surface area contributed by atoms with E-state index < -0.39 is 0 Å². The molecule has 1 aromatic heterocycles. The lowest BCUT2D eigenvalue weighted by atomic mass is 10.2. The van der Waals surface area contributed by atoms with Crippen LogP contribution in [-0.2, 0) is 0 Å². The molecular weight excluding hydrogens is 352 g/mol. The Morgan fingerprint density at radius 2 is 0.966 bits per heavy atom. The van der Waals surface area contributed by atoms with Gasteiger partial charge in [-0.3, -0.25) is 4.57 Å². The van der Waals surface area contributed by atoms with Gasteiger partial charge < -0.3 is 0 Å². The van der Waals surface area contributed by atoms with Crippen molar-refractivity contribution >= 4 is 11.0 Å². The fourth-order valence-corrected chi connectivity index (χ4v) is 2.65. The van der Waals surface area contributed by atoms with Gasteiger partial charge in [-0.05, 0) is 24.3 Å². The molecule has 0 amide bonds. The maximum Gasteiger partial charge on any atom is 0.145 e. The van der Waals surface area contributed by atoms with Gasteiger partial charge in [-0.25, -0.2) is 4.98 Å². The zero-order chi connectivity index (χ0) is 22.1. The van der Waals surface area contributed by atoms with Crippen LogP contribution in [0.25, 0.3) is 28.1 Å². The van der Waals surface area contributed by atoms with E-state index in [1.807, 2.05) is 85.7 Å². The average molecular weight is 391 g/mol. The predicted molar refractivity (Wildman–Crippen MR) is 132 cm³/mol. The predicted octanol–water partition coefficient (Wildman–Crippen LogP) is 8.80. The lowest BCUT2D eigenvalue weighted by Crippen LogP contribution is -1.96. The van der Waals surface area contributed by atoms with Crippen molar-refractivity contribution in [2.24, 2.45) is 0 Å². The van der Waals surface area contributed by atoms with E-state index in [-0.39, 0.29) is 0 Å². The van der Waals surface area contributed by atoms with Crippen molar-refractivity contribution in [3.05, 3.63) is 84.9 Å². The molecule has 4 rings (SSSR count). The molecule has 0 saturated heterocycles. The standard InChI is InChI=1S/C19H14N2.4C2H6/c1-3-9-15(10-4-1)19-20-17-13-7-8-14-18(17)21(19)16-11-5-2-6-12-16;4*1-2/h1-14H;4*1-2H3. The minimum absolute atomic E-state index is 0.975. The van der Waals surface area contributed by atoms with Crippen LogP contribution in [0.2, 0.25) is 0 Å². The first-order valence-corrected chi connectivity index (χ1v) is 11.0. The quantitative estimate of drug-likeness (QED) is 0.334. The maximum atomic E-state index is 4.82. The lowest BCUT2D eigenvalue weighted by molar-refractivity contribution is 1.10. The zero-order valence-electron chi connectivity index (χ0n) is 19.5.